The Labute approximate surface area is 105 Å². The first kappa shape index (κ1) is 13.4. The maximum atomic E-state index is 11.7. The highest BCUT2D eigenvalue weighted by Gasteiger charge is 2.05. The molecule has 0 radical (unpaired) electrons. The molecule has 0 saturated carbocycles. The van der Waals surface area contributed by atoms with Crippen LogP contribution in [0.15, 0.2) is 66.9 Å². The third kappa shape index (κ3) is 4.09. The van der Waals surface area contributed by atoms with Gasteiger partial charge in [0.2, 0.25) is 0 Å². The fraction of sp³-hybridized carbons (Fsp3) is 0. The van der Waals surface area contributed by atoms with Gasteiger partial charge in [-0.05, 0) is 18.2 Å². The topological polar surface area (TPSA) is 66.4 Å². The molecule has 0 aliphatic rings. The number of rotatable bonds is 5. The molecule has 4 nitrogen and oxygen atoms in total. The summed E-state index contributed by atoms with van der Waals surface area (Å²) in [4.78, 5) is 22.5. The Hall–Kier alpha value is -2.62. The number of carbonyl (C=O) groups excluding carboxylic acids is 1. The standard InChI is InChI=1S/C14H13NO3/c1-2-3-7-12(14(17)18)10-15-13(16)11-8-5-4-6-9-11/h2-10H,1H2,(H,15,16)(H,17,18)/b7-3-,12-10-. The van der Waals surface area contributed by atoms with Crippen LogP contribution >= 0.6 is 0 Å². The first-order chi connectivity index (χ1) is 8.65. The Morgan fingerprint density at radius 2 is 1.89 bits per heavy atom. The van der Waals surface area contributed by atoms with Crippen molar-refractivity contribution in [3.8, 4) is 0 Å². The van der Waals surface area contributed by atoms with E-state index < -0.39 is 5.97 Å². The van der Waals surface area contributed by atoms with Gasteiger partial charge in [0.05, 0.1) is 5.57 Å². The van der Waals surface area contributed by atoms with E-state index in [9.17, 15) is 9.59 Å². The smallest absolute Gasteiger partial charge is 0.337 e. The van der Waals surface area contributed by atoms with Crippen LogP contribution in [0.4, 0.5) is 0 Å². The Morgan fingerprint density at radius 3 is 2.44 bits per heavy atom. The van der Waals surface area contributed by atoms with Gasteiger partial charge in [-0.25, -0.2) is 4.79 Å². The van der Waals surface area contributed by atoms with Gasteiger partial charge in [0, 0.05) is 11.8 Å². The lowest BCUT2D eigenvalue weighted by Gasteiger charge is -2.00. The third-order valence-corrected chi connectivity index (χ3v) is 2.05. The van der Waals surface area contributed by atoms with Crippen molar-refractivity contribution in [3.05, 3.63) is 72.5 Å². The van der Waals surface area contributed by atoms with Crippen molar-refractivity contribution in [2.45, 2.75) is 0 Å². The van der Waals surface area contributed by atoms with Crippen LogP contribution in [0.3, 0.4) is 0 Å². The molecule has 1 rings (SSSR count). The highest BCUT2D eigenvalue weighted by molar-refractivity contribution is 5.96. The van der Waals surface area contributed by atoms with E-state index in [0.717, 1.165) is 6.20 Å². The van der Waals surface area contributed by atoms with Gasteiger partial charge in [-0.2, -0.15) is 0 Å². The summed E-state index contributed by atoms with van der Waals surface area (Å²) in [5.41, 5.74) is 0.436. The lowest BCUT2D eigenvalue weighted by atomic mass is 10.2. The van der Waals surface area contributed by atoms with Gasteiger partial charge in [0.1, 0.15) is 0 Å². The van der Waals surface area contributed by atoms with Crippen LogP contribution in [0.2, 0.25) is 0 Å². The summed E-state index contributed by atoms with van der Waals surface area (Å²) in [7, 11) is 0. The number of carboxylic acids is 1. The number of benzene rings is 1. The van der Waals surface area contributed by atoms with Crippen molar-refractivity contribution in [1.82, 2.24) is 5.32 Å². The Kier molecular flexibility index (Phi) is 5.12. The van der Waals surface area contributed by atoms with Gasteiger partial charge >= 0.3 is 5.97 Å². The molecule has 2 N–H and O–H groups in total. The van der Waals surface area contributed by atoms with E-state index in [0.29, 0.717) is 5.56 Å². The lowest BCUT2D eigenvalue weighted by molar-refractivity contribution is -0.132. The van der Waals surface area contributed by atoms with E-state index in [-0.39, 0.29) is 11.5 Å². The zero-order valence-corrected chi connectivity index (χ0v) is 9.67. The number of hydrogen-bond donors (Lipinski definition) is 2. The highest BCUT2D eigenvalue weighted by Crippen LogP contribution is 2.00. The molecule has 92 valence electrons. The normalized spacial score (nSPS) is 11.2. The third-order valence-electron chi connectivity index (χ3n) is 2.05. The van der Waals surface area contributed by atoms with Crippen LogP contribution in [-0.4, -0.2) is 17.0 Å². The molecule has 1 aromatic rings. The second-order valence-electron chi connectivity index (χ2n) is 3.34. The first-order valence-corrected chi connectivity index (χ1v) is 5.23. The number of aliphatic carboxylic acids is 1. The van der Waals surface area contributed by atoms with Crippen LogP contribution in [0.5, 0.6) is 0 Å². The number of hydrogen-bond acceptors (Lipinski definition) is 2. The van der Waals surface area contributed by atoms with E-state index >= 15 is 0 Å². The van der Waals surface area contributed by atoms with E-state index in [4.69, 9.17) is 5.11 Å². The molecule has 1 amide bonds. The molecule has 4 heteroatoms. The van der Waals surface area contributed by atoms with Crippen LogP contribution in [0.1, 0.15) is 10.4 Å². The minimum Gasteiger partial charge on any atom is -0.478 e. The molecule has 0 heterocycles. The molecular formula is C14H13NO3. The van der Waals surface area contributed by atoms with Gasteiger partial charge in [-0.15, -0.1) is 0 Å². The van der Waals surface area contributed by atoms with Crippen molar-refractivity contribution in [2.24, 2.45) is 0 Å². The van der Waals surface area contributed by atoms with Gasteiger partial charge < -0.3 is 10.4 Å². The molecule has 18 heavy (non-hydrogen) atoms. The van der Waals surface area contributed by atoms with Crippen molar-refractivity contribution in [2.75, 3.05) is 0 Å². The number of nitrogens with one attached hydrogen (secondary N) is 1. The average Bonchev–Trinajstić information content (AvgIpc) is 2.39. The molecule has 0 spiro atoms. The Bertz CT molecular complexity index is 501. The molecule has 0 unspecified atom stereocenters. The van der Waals surface area contributed by atoms with Crippen molar-refractivity contribution in [3.63, 3.8) is 0 Å². The van der Waals surface area contributed by atoms with Crippen LogP contribution in [-0.2, 0) is 4.79 Å². The maximum absolute atomic E-state index is 11.7. The fourth-order valence-corrected chi connectivity index (χ4v) is 1.17. The molecule has 1 aromatic carbocycles. The monoisotopic (exact) mass is 243 g/mol. The Morgan fingerprint density at radius 1 is 1.22 bits per heavy atom. The van der Waals surface area contributed by atoms with E-state index in [1.54, 1.807) is 30.3 Å². The summed E-state index contributed by atoms with van der Waals surface area (Å²) >= 11 is 0. The highest BCUT2D eigenvalue weighted by atomic mass is 16.4. The molecular weight excluding hydrogens is 230 g/mol. The maximum Gasteiger partial charge on any atom is 0.337 e. The van der Waals surface area contributed by atoms with Crippen molar-refractivity contribution in [1.29, 1.82) is 0 Å². The van der Waals surface area contributed by atoms with Gasteiger partial charge in [-0.3, -0.25) is 4.79 Å². The van der Waals surface area contributed by atoms with Crippen LogP contribution in [0, 0.1) is 0 Å². The van der Waals surface area contributed by atoms with Crippen molar-refractivity contribution >= 4 is 11.9 Å². The molecule has 0 atom stereocenters. The van der Waals surface area contributed by atoms with E-state index in [2.05, 4.69) is 11.9 Å². The second-order valence-corrected chi connectivity index (χ2v) is 3.34. The molecule has 0 aromatic heterocycles. The molecule has 0 fully saturated rings. The van der Waals surface area contributed by atoms with Gasteiger partial charge in [0.15, 0.2) is 0 Å². The molecule has 0 aliphatic heterocycles. The lowest BCUT2D eigenvalue weighted by Crippen LogP contribution is -2.18. The van der Waals surface area contributed by atoms with E-state index in [1.165, 1.54) is 18.2 Å². The zero-order valence-electron chi connectivity index (χ0n) is 9.67. The van der Waals surface area contributed by atoms with Gasteiger partial charge in [-0.1, -0.05) is 36.9 Å². The number of carbonyl (C=O) groups is 2. The number of carboxylic acid groups (broad SMARTS) is 1. The molecule has 0 aliphatic carbocycles. The zero-order chi connectivity index (χ0) is 13.4. The first-order valence-electron chi connectivity index (χ1n) is 5.23. The largest absolute Gasteiger partial charge is 0.478 e. The average molecular weight is 243 g/mol. The summed E-state index contributed by atoms with van der Waals surface area (Å²) in [5.74, 6) is -1.48. The molecule has 0 bridgehead atoms. The minimum atomic E-state index is -1.12. The number of amides is 1. The SMILES string of the molecule is C=C/C=C\C(=C\NC(=O)c1ccccc1)C(=O)O. The summed E-state index contributed by atoms with van der Waals surface area (Å²) < 4.78 is 0. The quantitative estimate of drug-likeness (QED) is 0.615. The minimum absolute atomic E-state index is 0.0285. The fourth-order valence-electron chi connectivity index (χ4n) is 1.17. The predicted molar refractivity (Wildman–Crippen MR) is 69.0 cm³/mol. The van der Waals surface area contributed by atoms with E-state index in [1.807, 2.05) is 0 Å². The number of allylic oxidation sites excluding steroid dienone is 2. The summed E-state index contributed by atoms with van der Waals surface area (Å²) in [6, 6.07) is 8.54. The van der Waals surface area contributed by atoms with Crippen molar-refractivity contribution < 1.29 is 14.7 Å². The summed E-state index contributed by atoms with van der Waals surface area (Å²) in [6.45, 7) is 3.44. The Balaban J connectivity index is 2.77. The predicted octanol–water partition coefficient (Wildman–Crippen LogP) is 2.13. The second kappa shape index (κ2) is 6.85. The molecule has 0 saturated heterocycles. The van der Waals surface area contributed by atoms with Crippen LogP contribution < -0.4 is 5.32 Å². The summed E-state index contributed by atoms with van der Waals surface area (Å²) in [5, 5.41) is 11.3. The summed E-state index contributed by atoms with van der Waals surface area (Å²) in [6.07, 6.45) is 5.43. The van der Waals surface area contributed by atoms with Crippen LogP contribution in [0.25, 0.3) is 0 Å². The van der Waals surface area contributed by atoms with Gasteiger partial charge in [0.25, 0.3) is 5.91 Å².